The zero-order valence-corrected chi connectivity index (χ0v) is 7.32. The van der Waals surface area contributed by atoms with Crippen LogP contribution in [0.25, 0.3) is 0 Å². The van der Waals surface area contributed by atoms with Crippen LogP contribution in [-0.4, -0.2) is 35.5 Å². The Balaban J connectivity index is 0.000000202. The van der Waals surface area contributed by atoms with Crippen molar-refractivity contribution in [1.82, 2.24) is 0 Å². The first-order valence-corrected chi connectivity index (χ1v) is 4.13. The zero-order chi connectivity index (χ0) is 9.40. The van der Waals surface area contributed by atoms with Crippen LogP contribution in [0.1, 0.15) is 26.2 Å². The number of aliphatic hydroxyl groups is 1. The third-order valence-electron chi connectivity index (χ3n) is 1.43. The van der Waals surface area contributed by atoms with Crippen LogP contribution in [0.3, 0.4) is 0 Å². The van der Waals surface area contributed by atoms with Crippen LogP contribution < -0.4 is 0 Å². The van der Waals surface area contributed by atoms with Gasteiger partial charge in [-0.15, -0.1) is 0 Å². The molecule has 4 nitrogen and oxygen atoms in total. The lowest BCUT2D eigenvalue weighted by Crippen LogP contribution is -2.13. The third-order valence-corrected chi connectivity index (χ3v) is 1.43. The molecule has 1 aliphatic heterocycles. The monoisotopic (exact) mass is 176 g/mol. The molecule has 1 rings (SSSR count). The van der Waals surface area contributed by atoms with Gasteiger partial charge in [-0.3, -0.25) is 0 Å². The largest absolute Gasteiger partial charge is 0.479 e. The van der Waals surface area contributed by atoms with Crippen molar-refractivity contribution in [1.29, 1.82) is 0 Å². The quantitative estimate of drug-likeness (QED) is 0.615. The van der Waals surface area contributed by atoms with Gasteiger partial charge in [-0.1, -0.05) is 0 Å². The molecule has 0 radical (unpaired) electrons. The molecule has 0 saturated carbocycles. The fourth-order valence-electron chi connectivity index (χ4n) is 0.687. The first kappa shape index (κ1) is 11.4. The zero-order valence-electron chi connectivity index (χ0n) is 7.32. The van der Waals surface area contributed by atoms with Crippen LogP contribution >= 0.6 is 0 Å². The highest BCUT2D eigenvalue weighted by Gasteiger charge is 2.01. The molecular weight excluding hydrogens is 160 g/mol. The van der Waals surface area contributed by atoms with Crippen LogP contribution in [0.4, 0.5) is 0 Å². The summed E-state index contributed by atoms with van der Waals surface area (Å²) < 4.78 is 5.07. The number of hydrogen-bond donors (Lipinski definition) is 2. The summed E-state index contributed by atoms with van der Waals surface area (Å²) in [5.74, 6) is -1.19. The maximum absolute atomic E-state index is 9.45. The second kappa shape index (κ2) is 7.06. The molecule has 1 fully saturated rings. The van der Waals surface area contributed by atoms with Crippen LogP contribution in [0.2, 0.25) is 0 Å². The average Bonchev–Trinajstić information content (AvgIpc) is 2.08. The minimum atomic E-state index is -1.23. The number of aliphatic carboxylic acids is 1. The van der Waals surface area contributed by atoms with E-state index in [4.69, 9.17) is 14.9 Å². The van der Waals surface area contributed by atoms with Crippen molar-refractivity contribution in [3.8, 4) is 0 Å². The van der Waals surface area contributed by atoms with E-state index < -0.39 is 12.1 Å². The lowest BCUT2D eigenvalue weighted by Gasteiger charge is -2.08. The molecule has 2 N–H and O–H groups in total. The molecular formula is C8H16O4. The molecule has 0 aromatic rings. The van der Waals surface area contributed by atoms with Gasteiger partial charge in [0.05, 0.1) is 0 Å². The standard InChI is InChI=1S/C5H10O.C3H6O3/c1-2-4-6-5-3-1;1-2(4)3(5)6/h1-5H2;2,4H,1H3,(H,5,6). The van der Waals surface area contributed by atoms with E-state index in [-0.39, 0.29) is 0 Å². The smallest absolute Gasteiger partial charge is 0.332 e. The Morgan fingerprint density at radius 2 is 1.75 bits per heavy atom. The Labute approximate surface area is 72.2 Å². The highest BCUT2D eigenvalue weighted by atomic mass is 16.5. The van der Waals surface area contributed by atoms with Gasteiger partial charge < -0.3 is 14.9 Å². The second-order valence-corrected chi connectivity index (χ2v) is 2.69. The fourth-order valence-corrected chi connectivity index (χ4v) is 0.687. The number of carboxylic acids is 1. The summed E-state index contributed by atoms with van der Waals surface area (Å²) in [5, 5.41) is 15.8. The van der Waals surface area contributed by atoms with E-state index in [0.29, 0.717) is 0 Å². The van der Waals surface area contributed by atoms with Gasteiger partial charge in [0.15, 0.2) is 0 Å². The normalized spacial score (nSPS) is 18.8. The molecule has 0 bridgehead atoms. The minimum absolute atomic E-state index is 1.00. The van der Waals surface area contributed by atoms with E-state index in [1.54, 1.807) is 0 Å². The molecule has 0 aliphatic carbocycles. The molecule has 72 valence electrons. The summed E-state index contributed by atoms with van der Waals surface area (Å²) in [4.78, 5) is 9.45. The number of carbonyl (C=O) groups is 1. The minimum Gasteiger partial charge on any atom is -0.479 e. The molecule has 1 atom stereocenters. The maximum atomic E-state index is 9.45. The molecule has 12 heavy (non-hydrogen) atoms. The molecule has 1 saturated heterocycles. The average molecular weight is 176 g/mol. The molecule has 0 aromatic heterocycles. The van der Waals surface area contributed by atoms with E-state index in [1.165, 1.54) is 26.2 Å². The van der Waals surface area contributed by atoms with Crippen molar-refractivity contribution in [2.24, 2.45) is 0 Å². The highest BCUT2D eigenvalue weighted by Crippen LogP contribution is 2.02. The van der Waals surface area contributed by atoms with E-state index in [9.17, 15) is 4.79 Å². The van der Waals surface area contributed by atoms with E-state index in [0.717, 1.165) is 13.2 Å². The number of aliphatic hydroxyl groups excluding tert-OH is 1. The summed E-state index contributed by atoms with van der Waals surface area (Å²) in [6.45, 7) is 3.20. The van der Waals surface area contributed by atoms with Crippen LogP contribution in [0, 0.1) is 0 Å². The number of hydrogen-bond acceptors (Lipinski definition) is 3. The summed E-state index contributed by atoms with van der Waals surface area (Å²) in [5.41, 5.74) is 0. The summed E-state index contributed by atoms with van der Waals surface area (Å²) >= 11 is 0. The summed E-state index contributed by atoms with van der Waals surface area (Å²) in [6, 6.07) is 0. The van der Waals surface area contributed by atoms with Crippen LogP contribution in [0.15, 0.2) is 0 Å². The van der Waals surface area contributed by atoms with Crippen molar-refractivity contribution in [2.75, 3.05) is 13.2 Å². The van der Waals surface area contributed by atoms with Crippen molar-refractivity contribution < 1.29 is 19.7 Å². The number of carboxylic acid groups (broad SMARTS) is 1. The predicted octanol–water partition coefficient (Wildman–Crippen LogP) is 0.639. The van der Waals surface area contributed by atoms with Gasteiger partial charge >= 0.3 is 5.97 Å². The van der Waals surface area contributed by atoms with Crippen molar-refractivity contribution in [3.63, 3.8) is 0 Å². The molecule has 0 spiro atoms. The number of ether oxygens (including phenoxy) is 1. The Morgan fingerprint density at radius 1 is 1.33 bits per heavy atom. The summed E-state index contributed by atoms with van der Waals surface area (Å²) in [7, 11) is 0. The predicted molar refractivity (Wildman–Crippen MR) is 44.0 cm³/mol. The van der Waals surface area contributed by atoms with Crippen molar-refractivity contribution in [2.45, 2.75) is 32.3 Å². The van der Waals surface area contributed by atoms with E-state index in [1.807, 2.05) is 0 Å². The summed E-state index contributed by atoms with van der Waals surface area (Å²) in [6.07, 6.45) is 2.70. The van der Waals surface area contributed by atoms with Gasteiger partial charge in [0, 0.05) is 13.2 Å². The van der Waals surface area contributed by atoms with E-state index in [2.05, 4.69) is 0 Å². The molecule has 1 aliphatic rings. The Hall–Kier alpha value is -0.610. The van der Waals surface area contributed by atoms with Gasteiger partial charge in [-0.25, -0.2) is 4.79 Å². The van der Waals surface area contributed by atoms with Gasteiger partial charge in [-0.05, 0) is 26.2 Å². The van der Waals surface area contributed by atoms with Crippen molar-refractivity contribution in [3.05, 3.63) is 0 Å². The van der Waals surface area contributed by atoms with Gasteiger partial charge in [-0.2, -0.15) is 0 Å². The van der Waals surface area contributed by atoms with Gasteiger partial charge in [0.1, 0.15) is 6.10 Å². The number of rotatable bonds is 1. The third kappa shape index (κ3) is 7.50. The van der Waals surface area contributed by atoms with Crippen LogP contribution in [0.5, 0.6) is 0 Å². The maximum Gasteiger partial charge on any atom is 0.332 e. The van der Waals surface area contributed by atoms with Crippen LogP contribution in [-0.2, 0) is 9.53 Å². The first-order chi connectivity index (χ1) is 5.64. The second-order valence-electron chi connectivity index (χ2n) is 2.69. The van der Waals surface area contributed by atoms with Crippen molar-refractivity contribution >= 4 is 5.97 Å². The fraction of sp³-hybridized carbons (Fsp3) is 0.875. The molecule has 0 aromatic carbocycles. The molecule has 1 unspecified atom stereocenters. The SMILES string of the molecule is C1CCOCC1.CC(O)C(=O)O. The lowest BCUT2D eigenvalue weighted by atomic mass is 10.2. The first-order valence-electron chi connectivity index (χ1n) is 4.13. The van der Waals surface area contributed by atoms with Gasteiger partial charge in [0.25, 0.3) is 0 Å². The lowest BCUT2D eigenvalue weighted by molar-refractivity contribution is -0.145. The van der Waals surface area contributed by atoms with Gasteiger partial charge in [0.2, 0.25) is 0 Å². The highest BCUT2D eigenvalue weighted by molar-refractivity contribution is 5.71. The topological polar surface area (TPSA) is 66.8 Å². The van der Waals surface area contributed by atoms with E-state index >= 15 is 0 Å². The molecule has 1 heterocycles. The molecule has 4 heteroatoms. The Bertz CT molecular complexity index is 107. The Morgan fingerprint density at radius 3 is 1.83 bits per heavy atom. The Kier molecular flexibility index (Phi) is 6.70. The molecule has 0 amide bonds.